The van der Waals surface area contributed by atoms with Crippen LogP contribution in [0.15, 0.2) is 36.5 Å². The van der Waals surface area contributed by atoms with Gasteiger partial charge in [0, 0.05) is 24.5 Å². The van der Waals surface area contributed by atoms with E-state index in [0.717, 1.165) is 24.6 Å². The Morgan fingerprint density at radius 2 is 1.85 bits per heavy atom. The maximum atomic E-state index is 14.2. The Morgan fingerprint density at radius 1 is 1.15 bits per heavy atom. The van der Waals surface area contributed by atoms with Gasteiger partial charge in [-0.1, -0.05) is 17.7 Å². The van der Waals surface area contributed by atoms with E-state index < -0.39 is 47.5 Å². The van der Waals surface area contributed by atoms with E-state index in [0.29, 0.717) is 26.9 Å². The number of ether oxygens (including phenoxy) is 1. The van der Waals surface area contributed by atoms with Crippen molar-refractivity contribution in [3.63, 3.8) is 0 Å². The van der Waals surface area contributed by atoms with Crippen molar-refractivity contribution >= 4 is 35.2 Å². The van der Waals surface area contributed by atoms with Crippen molar-refractivity contribution in [2.75, 3.05) is 12.4 Å². The van der Waals surface area contributed by atoms with Gasteiger partial charge in [0.15, 0.2) is 6.04 Å². The lowest BCUT2D eigenvalue weighted by Gasteiger charge is -2.33. The zero-order valence-corrected chi connectivity index (χ0v) is 22.8. The Labute approximate surface area is 229 Å². The fraction of sp³-hybridized carbons (Fsp3) is 0.481. The second kappa shape index (κ2) is 10.7. The van der Waals surface area contributed by atoms with Gasteiger partial charge in [0.1, 0.15) is 11.6 Å². The van der Waals surface area contributed by atoms with Crippen LogP contribution in [0.25, 0.3) is 0 Å². The molecule has 1 aromatic carbocycles. The summed E-state index contributed by atoms with van der Waals surface area (Å²) in [7, 11) is 0.991. The van der Waals surface area contributed by atoms with E-state index in [1.807, 2.05) is 18.2 Å². The van der Waals surface area contributed by atoms with Crippen LogP contribution in [0.1, 0.15) is 56.5 Å². The molecule has 39 heavy (non-hydrogen) atoms. The summed E-state index contributed by atoms with van der Waals surface area (Å²) < 4.78 is 47.9. The second-order valence-corrected chi connectivity index (χ2v) is 11.3. The number of amides is 3. The molecule has 1 aromatic heterocycles. The number of aromatic nitrogens is 1. The van der Waals surface area contributed by atoms with E-state index in [9.17, 15) is 27.6 Å². The molecule has 1 aliphatic carbocycles. The molecule has 0 saturated carbocycles. The quantitative estimate of drug-likeness (QED) is 0.528. The number of hydrogen-bond donors (Lipinski definition) is 1. The first-order valence-electron chi connectivity index (χ1n) is 12.5. The maximum absolute atomic E-state index is 14.2. The van der Waals surface area contributed by atoms with Gasteiger partial charge in [-0.2, -0.15) is 13.2 Å². The highest BCUT2D eigenvalue weighted by molar-refractivity contribution is 6.30. The summed E-state index contributed by atoms with van der Waals surface area (Å²) in [6.07, 6.45) is -3.43. The van der Waals surface area contributed by atoms with Gasteiger partial charge in [0.05, 0.1) is 17.6 Å². The Bertz CT molecular complexity index is 1260. The number of hydrogen-bond acceptors (Lipinski definition) is 6. The van der Waals surface area contributed by atoms with Crippen LogP contribution < -0.4 is 5.32 Å². The summed E-state index contributed by atoms with van der Waals surface area (Å²) in [5.74, 6) is -1.70. The molecule has 1 N–H and O–H groups in total. The lowest BCUT2D eigenvalue weighted by atomic mass is 10.1. The van der Waals surface area contributed by atoms with E-state index >= 15 is 0 Å². The molecular weight excluding hydrogens is 537 g/mol. The van der Waals surface area contributed by atoms with Crippen LogP contribution >= 0.6 is 11.6 Å². The zero-order valence-electron chi connectivity index (χ0n) is 22.0. The molecule has 2 heterocycles. The molecule has 1 fully saturated rings. The van der Waals surface area contributed by atoms with Gasteiger partial charge in [-0.05, 0) is 75.4 Å². The maximum Gasteiger partial charge on any atom is 0.417 e. The molecule has 2 aliphatic rings. The molecule has 1 saturated heterocycles. The average Bonchev–Trinajstić information content (AvgIpc) is 3.40. The van der Waals surface area contributed by atoms with Crippen LogP contribution in [-0.2, 0) is 27.2 Å². The van der Waals surface area contributed by atoms with Crippen molar-refractivity contribution < 1.29 is 32.3 Å². The van der Waals surface area contributed by atoms with E-state index in [2.05, 4.69) is 10.3 Å². The normalized spacial score (nSPS) is 20.0. The van der Waals surface area contributed by atoms with Crippen LogP contribution in [0.3, 0.4) is 0 Å². The van der Waals surface area contributed by atoms with Gasteiger partial charge in [-0.25, -0.2) is 9.69 Å². The highest BCUT2D eigenvalue weighted by atomic mass is 35.5. The van der Waals surface area contributed by atoms with Crippen LogP contribution in [-0.4, -0.2) is 63.6 Å². The van der Waals surface area contributed by atoms with Crippen molar-refractivity contribution in [2.45, 2.75) is 76.4 Å². The van der Waals surface area contributed by atoms with Crippen LogP contribution in [0.2, 0.25) is 5.02 Å². The third-order valence-electron chi connectivity index (χ3n) is 6.67. The van der Waals surface area contributed by atoms with E-state index in [1.54, 1.807) is 20.8 Å². The fourth-order valence-electron chi connectivity index (χ4n) is 4.98. The number of halogens is 4. The number of benzene rings is 1. The third-order valence-corrected chi connectivity index (χ3v) is 6.91. The SMILES string of the molecule is CN(C(=O)[C@@H]1CCC(=O)N1C(=O)OC(C)(C)C)[C@@H](c1ccc(N[C@H]2Cc3ccc(Cl)cc3C2)cn1)C(F)(F)F. The number of likely N-dealkylation sites (tertiary alicyclic amines) is 1. The number of nitrogens with one attached hydrogen (secondary N) is 1. The largest absolute Gasteiger partial charge is 0.443 e. The number of nitrogens with zero attached hydrogens (tertiary/aromatic N) is 3. The number of carbonyl (C=O) groups is 3. The molecule has 4 rings (SSSR count). The number of rotatable bonds is 5. The molecule has 12 heteroatoms. The molecule has 3 amide bonds. The monoisotopic (exact) mass is 566 g/mol. The number of fused-ring (bicyclic) bond motifs is 1. The van der Waals surface area contributed by atoms with Crippen molar-refractivity contribution in [3.8, 4) is 0 Å². The molecule has 3 atom stereocenters. The highest BCUT2D eigenvalue weighted by Crippen LogP contribution is 2.38. The number of likely N-dealkylation sites (N-methyl/N-ethyl adjacent to an activating group) is 1. The summed E-state index contributed by atoms with van der Waals surface area (Å²) in [6.45, 7) is 4.75. The summed E-state index contributed by atoms with van der Waals surface area (Å²) in [6, 6.07) is 4.64. The van der Waals surface area contributed by atoms with Crippen molar-refractivity contribution in [3.05, 3.63) is 58.4 Å². The van der Waals surface area contributed by atoms with Crippen LogP contribution in [0.4, 0.5) is 23.7 Å². The molecule has 0 spiro atoms. The molecule has 8 nitrogen and oxygen atoms in total. The summed E-state index contributed by atoms with van der Waals surface area (Å²) >= 11 is 6.07. The van der Waals surface area contributed by atoms with Gasteiger partial charge in [0.25, 0.3) is 0 Å². The standard InChI is InChI=1S/C27H30ClF3N4O4/c1-26(2,3)39-25(38)35-21(9-10-22(35)36)24(37)34(4)23(27(29,30)31)20-8-7-18(14-32-20)33-19-12-15-5-6-17(28)11-16(15)13-19/h5-8,11,14,19,21,23,33H,9-10,12-13H2,1-4H3/t19-,21-,23-/m0/s1. The Kier molecular flexibility index (Phi) is 7.84. The lowest BCUT2D eigenvalue weighted by Crippen LogP contribution is -2.52. The molecule has 0 bridgehead atoms. The highest BCUT2D eigenvalue weighted by Gasteiger charge is 2.50. The van der Waals surface area contributed by atoms with Gasteiger partial charge in [0.2, 0.25) is 11.8 Å². The molecule has 1 aliphatic heterocycles. The number of alkyl halides is 3. The number of pyridine rings is 1. The Balaban J connectivity index is 1.49. The molecule has 0 radical (unpaired) electrons. The summed E-state index contributed by atoms with van der Waals surface area (Å²) in [4.78, 5) is 43.3. The second-order valence-electron chi connectivity index (χ2n) is 10.8. The van der Waals surface area contributed by atoms with Gasteiger partial charge in [-0.15, -0.1) is 0 Å². The minimum absolute atomic E-state index is 0.0347. The average molecular weight is 567 g/mol. The fourth-order valence-corrected chi connectivity index (χ4v) is 5.18. The summed E-state index contributed by atoms with van der Waals surface area (Å²) in [5, 5.41) is 3.93. The number of carbonyl (C=O) groups excluding carboxylic acids is 3. The van der Waals surface area contributed by atoms with Crippen molar-refractivity contribution in [1.29, 1.82) is 0 Å². The molecular formula is C27H30ClF3N4O4. The Morgan fingerprint density at radius 3 is 2.46 bits per heavy atom. The number of anilines is 1. The summed E-state index contributed by atoms with van der Waals surface area (Å²) in [5.41, 5.74) is 1.47. The third kappa shape index (κ3) is 6.46. The van der Waals surface area contributed by atoms with Gasteiger partial charge >= 0.3 is 12.3 Å². The van der Waals surface area contributed by atoms with Crippen molar-refractivity contribution in [2.24, 2.45) is 0 Å². The van der Waals surface area contributed by atoms with Crippen LogP contribution in [0, 0.1) is 0 Å². The first-order valence-corrected chi connectivity index (χ1v) is 12.9. The molecule has 2 aromatic rings. The van der Waals surface area contributed by atoms with E-state index in [-0.39, 0.29) is 18.9 Å². The lowest BCUT2D eigenvalue weighted by molar-refractivity contribution is -0.191. The first kappa shape index (κ1) is 28.7. The topological polar surface area (TPSA) is 91.8 Å². The zero-order chi connectivity index (χ0) is 28.7. The molecule has 0 unspecified atom stereocenters. The minimum Gasteiger partial charge on any atom is -0.443 e. The molecule has 210 valence electrons. The smallest absolute Gasteiger partial charge is 0.417 e. The first-order chi connectivity index (χ1) is 18.1. The van der Waals surface area contributed by atoms with Gasteiger partial charge in [-0.3, -0.25) is 14.6 Å². The predicted octanol–water partition coefficient (Wildman–Crippen LogP) is 5.30. The minimum atomic E-state index is -4.86. The Hall–Kier alpha value is -3.34. The number of imide groups is 1. The predicted molar refractivity (Wildman–Crippen MR) is 138 cm³/mol. The van der Waals surface area contributed by atoms with E-state index in [4.69, 9.17) is 16.3 Å². The van der Waals surface area contributed by atoms with Crippen molar-refractivity contribution in [1.82, 2.24) is 14.8 Å². The van der Waals surface area contributed by atoms with Crippen LogP contribution in [0.5, 0.6) is 0 Å². The van der Waals surface area contributed by atoms with E-state index in [1.165, 1.54) is 18.3 Å². The van der Waals surface area contributed by atoms with Gasteiger partial charge < -0.3 is 15.0 Å².